The molecule has 138 valence electrons. The summed E-state index contributed by atoms with van der Waals surface area (Å²) in [5.41, 5.74) is 2.69. The maximum absolute atomic E-state index is 12.5. The molecule has 4 rings (SSSR count). The van der Waals surface area contributed by atoms with Crippen LogP contribution in [0, 0.1) is 0 Å². The van der Waals surface area contributed by atoms with E-state index in [4.69, 9.17) is 11.6 Å². The van der Waals surface area contributed by atoms with Gasteiger partial charge < -0.3 is 5.32 Å². The van der Waals surface area contributed by atoms with Gasteiger partial charge in [0.15, 0.2) is 0 Å². The Morgan fingerprint density at radius 1 is 0.821 bits per heavy atom. The molecule has 1 aliphatic heterocycles. The van der Waals surface area contributed by atoms with Gasteiger partial charge in [-0.1, -0.05) is 35.9 Å². The van der Waals surface area contributed by atoms with Gasteiger partial charge in [-0.15, -0.1) is 0 Å². The lowest BCUT2D eigenvalue weighted by atomic mass is 10.1. The van der Waals surface area contributed by atoms with Crippen molar-refractivity contribution in [3.05, 3.63) is 94.5 Å². The molecular weight excluding hydrogens is 376 g/mol. The lowest BCUT2D eigenvalue weighted by Gasteiger charge is -2.14. The molecule has 3 aromatic carbocycles. The minimum atomic E-state index is -0.347. The van der Waals surface area contributed by atoms with Gasteiger partial charge in [0.25, 0.3) is 11.8 Å². The van der Waals surface area contributed by atoms with Gasteiger partial charge in [0.05, 0.1) is 23.2 Å². The van der Waals surface area contributed by atoms with Crippen LogP contribution in [-0.4, -0.2) is 17.7 Å². The number of nitrogens with zero attached hydrogens (tertiary/aromatic N) is 1. The van der Waals surface area contributed by atoms with Crippen LogP contribution in [-0.2, 0) is 11.2 Å². The number of anilines is 2. The third kappa shape index (κ3) is 3.40. The number of imide groups is 1. The highest BCUT2D eigenvalue weighted by Gasteiger charge is 2.36. The number of amides is 3. The Morgan fingerprint density at radius 3 is 1.96 bits per heavy atom. The van der Waals surface area contributed by atoms with Crippen molar-refractivity contribution in [1.29, 1.82) is 0 Å². The van der Waals surface area contributed by atoms with Crippen molar-refractivity contribution in [2.45, 2.75) is 6.42 Å². The second-order valence-electron chi connectivity index (χ2n) is 6.39. The van der Waals surface area contributed by atoms with Crippen molar-refractivity contribution >= 4 is 40.7 Å². The van der Waals surface area contributed by atoms with Crippen LogP contribution >= 0.6 is 11.6 Å². The van der Waals surface area contributed by atoms with Crippen LogP contribution in [0.3, 0.4) is 0 Å². The zero-order valence-electron chi connectivity index (χ0n) is 14.7. The van der Waals surface area contributed by atoms with E-state index in [0.717, 1.165) is 10.5 Å². The van der Waals surface area contributed by atoms with E-state index in [1.165, 1.54) is 0 Å². The van der Waals surface area contributed by atoms with Gasteiger partial charge >= 0.3 is 0 Å². The van der Waals surface area contributed by atoms with E-state index in [-0.39, 0.29) is 24.1 Å². The Kier molecular flexibility index (Phi) is 4.67. The molecule has 0 bridgehead atoms. The van der Waals surface area contributed by atoms with E-state index in [2.05, 4.69) is 5.32 Å². The summed E-state index contributed by atoms with van der Waals surface area (Å²) in [5, 5.41) is 3.42. The fraction of sp³-hybridized carbons (Fsp3) is 0.0455. The molecule has 0 radical (unpaired) electrons. The van der Waals surface area contributed by atoms with Crippen molar-refractivity contribution in [3.63, 3.8) is 0 Å². The Balaban J connectivity index is 1.46. The maximum Gasteiger partial charge on any atom is 0.266 e. The third-order valence-corrected chi connectivity index (χ3v) is 4.73. The average molecular weight is 391 g/mol. The number of carbonyl (C=O) groups is 3. The van der Waals surface area contributed by atoms with Gasteiger partial charge in [-0.05, 0) is 54.1 Å². The topological polar surface area (TPSA) is 66.5 Å². The first-order valence-corrected chi connectivity index (χ1v) is 9.03. The first-order valence-electron chi connectivity index (χ1n) is 8.65. The summed E-state index contributed by atoms with van der Waals surface area (Å²) < 4.78 is 0. The standard InChI is InChI=1S/C22H15ClN2O3/c23-15-7-5-14(6-8-15)13-20(26)24-16-9-11-17(12-10-16)25-21(27)18-3-1-2-4-19(18)22(25)28/h1-12H,13H2,(H,24,26). The molecule has 0 atom stereocenters. The molecule has 1 aliphatic rings. The molecule has 0 fully saturated rings. The lowest BCUT2D eigenvalue weighted by molar-refractivity contribution is -0.115. The first kappa shape index (κ1) is 17.9. The Bertz CT molecular complexity index is 1040. The number of carbonyl (C=O) groups excluding carboxylic acids is 3. The molecule has 3 aromatic rings. The molecule has 28 heavy (non-hydrogen) atoms. The van der Waals surface area contributed by atoms with Gasteiger partial charge in [0.1, 0.15) is 0 Å². The van der Waals surface area contributed by atoms with Crippen molar-refractivity contribution in [3.8, 4) is 0 Å². The van der Waals surface area contributed by atoms with Crippen LogP contribution in [0.4, 0.5) is 11.4 Å². The molecular formula is C22H15ClN2O3. The number of hydrogen-bond donors (Lipinski definition) is 1. The fourth-order valence-electron chi connectivity index (χ4n) is 3.11. The van der Waals surface area contributed by atoms with Crippen molar-refractivity contribution in [1.82, 2.24) is 0 Å². The summed E-state index contributed by atoms with van der Waals surface area (Å²) in [4.78, 5) is 38.4. The summed E-state index contributed by atoms with van der Waals surface area (Å²) in [5.74, 6) is -0.865. The van der Waals surface area contributed by atoms with Crippen LogP contribution in [0.1, 0.15) is 26.3 Å². The quantitative estimate of drug-likeness (QED) is 0.674. The second kappa shape index (κ2) is 7.29. The van der Waals surface area contributed by atoms with Gasteiger partial charge in [-0.3, -0.25) is 14.4 Å². The lowest BCUT2D eigenvalue weighted by Crippen LogP contribution is -2.29. The summed E-state index contributed by atoms with van der Waals surface area (Å²) in [7, 11) is 0. The first-order chi connectivity index (χ1) is 13.5. The normalized spacial score (nSPS) is 12.8. The van der Waals surface area contributed by atoms with Crippen molar-refractivity contribution in [2.75, 3.05) is 10.2 Å². The van der Waals surface area contributed by atoms with Gasteiger partial charge in [0.2, 0.25) is 5.91 Å². The number of fused-ring (bicyclic) bond motifs is 1. The van der Waals surface area contributed by atoms with Crippen LogP contribution in [0.2, 0.25) is 5.02 Å². The number of benzene rings is 3. The predicted molar refractivity (Wildman–Crippen MR) is 108 cm³/mol. The van der Waals surface area contributed by atoms with E-state index in [9.17, 15) is 14.4 Å². The average Bonchev–Trinajstić information content (AvgIpc) is 2.95. The zero-order valence-corrected chi connectivity index (χ0v) is 15.4. The highest BCUT2D eigenvalue weighted by Crippen LogP contribution is 2.29. The van der Waals surface area contributed by atoms with E-state index in [1.807, 2.05) is 0 Å². The van der Waals surface area contributed by atoms with Crippen LogP contribution in [0.5, 0.6) is 0 Å². The molecule has 3 amide bonds. The smallest absolute Gasteiger partial charge is 0.266 e. The van der Waals surface area contributed by atoms with Crippen LogP contribution in [0.25, 0.3) is 0 Å². The number of halogens is 1. The van der Waals surface area contributed by atoms with Crippen molar-refractivity contribution < 1.29 is 14.4 Å². The molecule has 0 saturated heterocycles. The third-order valence-electron chi connectivity index (χ3n) is 4.48. The van der Waals surface area contributed by atoms with Crippen LogP contribution in [0.15, 0.2) is 72.8 Å². The number of rotatable bonds is 4. The van der Waals surface area contributed by atoms with E-state index in [0.29, 0.717) is 27.5 Å². The molecule has 1 N–H and O–H groups in total. The van der Waals surface area contributed by atoms with Crippen molar-refractivity contribution in [2.24, 2.45) is 0 Å². The largest absolute Gasteiger partial charge is 0.326 e. The van der Waals surface area contributed by atoms with E-state index < -0.39 is 0 Å². The van der Waals surface area contributed by atoms with Gasteiger partial charge in [0, 0.05) is 10.7 Å². The SMILES string of the molecule is O=C(Cc1ccc(Cl)cc1)Nc1ccc(N2C(=O)c3ccccc3C2=O)cc1. The molecule has 0 aliphatic carbocycles. The second-order valence-corrected chi connectivity index (χ2v) is 6.83. The van der Waals surface area contributed by atoms with E-state index in [1.54, 1.807) is 72.8 Å². The molecule has 5 nitrogen and oxygen atoms in total. The summed E-state index contributed by atoms with van der Waals surface area (Å²) >= 11 is 5.84. The molecule has 0 unspecified atom stereocenters. The Hall–Kier alpha value is -3.44. The molecule has 6 heteroatoms. The van der Waals surface area contributed by atoms with Gasteiger partial charge in [-0.25, -0.2) is 4.90 Å². The highest BCUT2D eigenvalue weighted by molar-refractivity contribution is 6.34. The van der Waals surface area contributed by atoms with Gasteiger partial charge in [-0.2, -0.15) is 0 Å². The minimum absolute atomic E-state index is 0.171. The Labute approximate surface area is 166 Å². The molecule has 0 aromatic heterocycles. The fourth-order valence-corrected chi connectivity index (χ4v) is 3.24. The monoisotopic (exact) mass is 390 g/mol. The maximum atomic E-state index is 12.5. The highest BCUT2D eigenvalue weighted by atomic mass is 35.5. The predicted octanol–water partition coefficient (Wildman–Crippen LogP) is 4.32. The molecule has 0 spiro atoms. The minimum Gasteiger partial charge on any atom is -0.326 e. The Morgan fingerprint density at radius 2 is 1.39 bits per heavy atom. The summed E-state index contributed by atoms with van der Waals surface area (Å²) in [6.07, 6.45) is 0.220. The summed E-state index contributed by atoms with van der Waals surface area (Å²) in [6, 6.07) is 20.4. The summed E-state index contributed by atoms with van der Waals surface area (Å²) in [6.45, 7) is 0. The molecule has 1 heterocycles. The zero-order chi connectivity index (χ0) is 19.7. The number of hydrogen-bond acceptors (Lipinski definition) is 3. The van der Waals surface area contributed by atoms with Crippen LogP contribution < -0.4 is 10.2 Å². The molecule has 0 saturated carbocycles. The van der Waals surface area contributed by atoms with E-state index >= 15 is 0 Å². The number of nitrogens with one attached hydrogen (secondary N) is 1.